The third kappa shape index (κ3) is 4.94. The Bertz CT molecular complexity index is 976. The molecule has 0 bridgehead atoms. The standard InChI is InChI=1S/C22H19FN2O3/c1-16(26)25(18-9-7-8-17(23)14-18)15-22(27)24-20-12-5-6-13-21(20)28-19-10-3-2-4-11-19/h2-14H,15H2,1H3,(H,24,27). The van der Waals surface area contributed by atoms with E-state index in [4.69, 9.17) is 4.74 Å². The lowest BCUT2D eigenvalue weighted by Gasteiger charge is -2.21. The Labute approximate surface area is 162 Å². The number of nitrogens with zero attached hydrogens (tertiary/aromatic N) is 1. The summed E-state index contributed by atoms with van der Waals surface area (Å²) in [7, 11) is 0. The fourth-order valence-corrected chi connectivity index (χ4v) is 2.64. The number of hydrogen-bond acceptors (Lipinski definition) is 3. The fourth-order valence-electron chi connectivity index (χ4n) is 2.64. The van der Waals surface area contributed by atoms with Gasteiger partial charge in [0, 0.05) is 12.6 Å². The Balaban J connectivity index is 1.74. The number of halogens is 1. The molecule has 0 aliphatic heterocycles. The van der Waals surface area contributed by atoms with Gasteiger partial charge in [0.05, 0.1) is 5.69 Å². The molecular formula is C22H19FN2O3. The second-order valence-electron chi connectivity index (χ2n) is 6.04. The van der Waals surface area contributed by atoms with Gasteiger partial charge in [0.15, 0.2) is 5.75 Å². The SMILES string of the molecule is CC(=O)N(CC(=O)Nc1ccccc1Oc1ccccc1)c1cccc(F)c1. The highest BCUT2D eigenvalue weighted by atomic mass is 19.1. The molecule has 0 aliphatic carbocycles. The molecule has 0 saturated carbocycles. The molecule has 28 heavy (non-hydrogen) atoms. The molecule has 1 N–H and O–H groups in total. The molecule has 0 saturated heterocycles. The average Bonchev–Trinajstić information content (AvgIpc) is 2.68. The van der Waals surface area contributed by atoms with Gasteiger partial charge in [-0.15, -0.1) is 0 Å². The van der Waals surface area contributed by atoms with Crippen LogP contribution in [-0.2, 0) is 9.59 Å². The van der Waals surface area contributed by atoms with E-state index >= 15 is 0 Å². The molecule has 0 atom stereocenters. The highest BCUT2D eigenvalue weighted by Gasteiger charge is 2.17. The summed E-state index contributed by atoms with van der Waals surface area (Å²) in [5.41, 5.74) is 0.788. The highest BCUT2D eigenvalue weighted by molar-refractivity contribution is 6.02. The second-order valence-corrected chi connectivity index (χ2v) is 6.04. The molecule has 0 spiro atoms. The van der Waals surface area contributed by atoms with Crippen molar-refractivity contribution in [3.63, 3.8) is 0 Å². The van der Waals surface area contributed by atoms with E-state index in [9.17, 15) is 14.0 Å². The molecule has 0 aliphatic rings. The monoisotopic (exact) mass is 378 g/mol. The van der Waals surface area contributed by atoms with Gasteiger partial charge in [-0.25, -0.2) is 4.39 Å². The van der Waals surface area contributed by atoms with E-state index in [2.05, 4.69) is 5.32 Å². The van der Waals surface area contributed by atoms with E-state index < -0.39 is 11.7 Å². The summed E-state index contributed by atoms with van der Waals surface area (Å²) in [5.74, 6) is -0.166. The molecular weight excluding hydrogens is 359 g/mol. The molecule has 0 heterocycles. The number of carbonyl (C=O) groups is 2. The third-order valence-corrected chi connectivity index (χ3v) is 3.93. The number of nitrogens with one attached hydrogen (secondary N) is 1. The van der Waals surface area contributed by atoms with Crippen molar-refractivity contribution in [2.75, 3.05) is 16.8 Å². The van der Waals surface area contributed by atoms with Gasteiger partial charge in [0.1, 0.15) is 18.1 Å². The van der Waals surface area contributed by atoms with Crippen LogP contribution in [0.25, 0.3) is 0 Å². The minimum Gasteiger partial charge on any atom is -0.455 e. The van der Waals surface area contributed by atoms with Crippen molar-refractivity contribution in [3.8, 4) is 11.5 Å². The van der Waals surface area contributed by atoms with Gasteiger partial charge in [0.25, 0.3) is 0 Å². The Kier molecular flexibility index (Phi) is 6.01. The Hall–Kier alpha value is -3.67. The predicted octanol–water partition coefficient (Wildman–Crippen LogP) is 4.61. The maximum atomic E-state index is 13.5. The first-order valence-electron chi connectivity index (χ1n) is 8.68. The number of hydrogen-bond donors (Lipinski definition) is 1. The number of amides is 2. The van der Waals surface area contributed by atoms with Crippen molar-refractivity contribution in [1.29, 1.82) is 0 Å². The summed E-state index contributed by atoms with van der Waals surface area (Å²) >= 11 is 0. The topological polar surface area (TPSA) is 58.6 Å². The minimum absolute atomic E-state index is 0.252. The van der Waals surface area contributed by atoms with Gasteiger partial charge < -0.3 is 15.0 Å². The zero-order valence-electron chi connectivity index (χ0n) is 15.3. The molecule has 3 rings (SSSR count). The molecule has 0 fully saturated rings. The first-order valence-corrected chi connectivity index (χ1v) is 8.68. The predicted molar refractivity (Wildman–Crippen MR) is 106 cm³/mol. The maximum Gasteiger partial charge on any atom is 0.244 e. The molecule has 6 heteroatoms. The van der Waals surface area contributed by atoms with Crippen LogP contribution in [-0.4, -0.2) is 18.4 Å². The number of benzene rings is 3. The number of para-hydroxylation sites is 3. The summed E-state index contributed by atoms with van der Waals surface area (Å²) in [6, 6.07) is 21.7. The molecule has 0 unspecified atom stereocenters. The van der Waals surface area contributed by atoms with E-state index in [0.717, 1.165) is 0 Å². The second kappa shape index (κ2) is 8.81. The number of rotatable bonds is 6. The van der Waals surface area contributed by atoms with Gasteiger partial charge >= 0.3 is 0 Å². The quantitative estimate of drug-likeness (QED) is 0.681. The lowest BCUT2D eigenvalue weighted by Crippen LogP contribution is -2.36. The smallest absolute Gasteiger partial charge is 0.244 e. The van der Waals surface area contributed by atoms with Crippen molar-refractivity contribution in [2.45, 2.75) is 6.92 Å². The molecule has 3 aromatic rings. The Morgan fingerprint density at radius 1 is 0.964 bits per heavy atom. The van der Waals surface area contributed by atoms with E-state index in [0.29, 0.717) is 22.9 Å². The van der Waals surface area contributed by atoms with E-state index in [1.807, 2.05) is 18.2 Å². The lowest BCUT2D eigenvalue weighted by molar-refractivity contribution is -0.120. The first kappa shape index (κ1) is 19.1. The summed E-state index contributed by atoms with van der Waals surface area (Å²) in [5, 5.41) is 2.75. The normalized spacial score (nSPS) is 10.2. The van der Waals surface area contributed by atoms with Crippen LogP contribution in [0.4, 0.5) is 15.8 Å². The number of anilines is 2. The van der Waals surface area contributed by atoms with Crippen LogP contribution in [0, 0.1) is 5.82 Å². The van der Waals surface area contributed by atoms with E-state index in [1.54, 1.807) is 42.5 Å². The molecule has 5 nitrogen and oxygen atoms in total. The zero-order chi connectivity index (χ0) is 19.9. The van der Waals surface area contributed by atoms with Gasteiger partial charge in [-0.1, -0.05) is 36.4 Å². The average molecular weight is 378 g/mol. The van der Waals surface area contributed by atoms with Gasteiger partial charge in [-0.05, 0) is 42.5 Å². The van der Waals surface area contributed by atoms with Crippen LogP contribution in [0.2, 0.25) is 0 Å². The zero-order valence-corrected chi connectivity index (χ0v) is 15.3. The van der Waals surface area contributed by atoms with Gasteiger partial charge in [-0.3, -0.25) is 9.59 Å². The Morgan fingerprint density at radius 3 is 2.39 bits per heavy atom. The lowest BCUT2D eigenvalue weighted by atomic mass is 10.2. The molecule has 142 valence electrons. The number of carbonyl (C=O) groups excluding carboxylic acids is 2. The minimum atomic E-state index is -0.481. The van der Waals surface area contributed by atoms with Gasteiger partial charge in [-0.2, -0.15) is 0 Å². The summed E-state index contributed by atoms with van der Waals surface area (Å²) in [4.78, 5) is 25.7. The number of ether oxygens (including phenoxy) is 1. The van der Waals surface area contributed by atoms with Crippen LogP contribution in [0.3, 0.4) is 0 Å². The first-order chi connectivity index (χ1) is 13.5. The largest absolute Gasteiger partial charge is 0.455 e. The van der Waals surface area contributed by atoms with Crippen molar-refractivity contribution in [1.82, 2.24) is 0 Å². The van der Waals surface area contributed by atoms with Crippen molar-refractivity contribution < 1.29 is 18.7 Å². The summed E-state index contributed by atoms with van der Waals surface area (Å²) in [6.07, 6.45) is 0. The van der Waals surface area contributed by atoms with Crippen molar-refractivity contribution in [2.24, 2.45) is 0 Å². The highest BCUT2D eigenvalue weighted by Crippen LogP contribution is 2.29. The summed E-state index contributed by atoms with van der Waals surface area (Å²) in [6.45, 7) is 1.07. The van der Waals surface area contributed by atoms with Crippen LogP contribution in [0.1, 0.15) is 6.92 Å². The van der Waals surface area contributed by atoms with E-state index in [1.165, 1.54) is 30.0 Å². The fraction of sp³-hybridized carbons (Fsp3) is 0.0909. The maximum absolute atomic E-state index is 13.5. The van der Waals surface area contributed by atoms with Crippen molar-refractivity contribution in [3.05, 3.63) is 84.7 Å². The van der Waals surface area contributed by atoms with Gasteiger partial charge in [0.2, 0.25) is 11.8 Å². The molecule has 3 aromatic carbocycles. The summed E-state index contributed by atoms with van der Waals surface area (Å²) < 4.78 is 19.3. The third-order valence-electron chi connectivity index (χ3n) is 3.93. The van der Waals surface area contributed by atoms with Crippen LogP contribution < -0.4 is 15.0 Å². The van der Waals surface area contributed by atoms with Crippen LogP contribution >= 0.6 is 0 Å². The van der Waals surface area contributed by atoms with Crippen molar-refractivity contribution >= 4 is 23.2 Å². The van der Waals surface area contributed by atoms with Crippen LogP contribution in [0.5, 0.6) is 11.5 Å². The molecule has 0 radical (unpaired) electrons. The molecule has 2 amide bonds. The Morgan fingerprint density at radius 2 is 1.68 bits per heavy atom. The molecule has 0 aromatic heterocycles. The van der Waals surface area contributed by atoms with Crippen LogP contribution in [0.15, 0.2) is 78.9 Å². The van der Waals surface area contributed by atoms with E-state index in [-0.39, 0.29) is 12.5 Å².